The maximum atomic E-state index is 12.2. The second-order valence-electron chi connectivity index (χ2n) is 5.00. The highest BCUT2D eigenvalue weighted by Gasteiger charge is 2.31. The summed E-state index contributed by atoms with van der Waals surface area (Å²) in [5.74, 6) is 0.0372. The van der Waals surface area contributed by atoms with Crippen LogP contribution in [0.4, 0.5) is 0 Å². The van der Waals surface area contributed by atoms with Gasteiger partial charge in [0, 0.05) is 24.3 Å². The van der Waals surface area contributed by atoms with Gasteiger partial charge in [-0.05, 0) is 26.5 Å². The summed E-state index contributed by atoms with van der Waals surface area (Å²) in [6.07, 6.45) is 3.11. The van der Waals surface area contributed by atoms with E-state index in [0.29, 0.717) is 25.9 Å². The van der Waals surface area contributed by atoms with Crippen LogP contribution in [0.2, 0.25) is 0 Å². The number of amides is 2. The van der Waals surface area contributed by atoms with E-state index in [1.807, 2.05) is 18.1 Å². The Bertz CT molecular complexity index is 305. The summed E-state index contributed by atoms with van der Waals surface area (Å²) in [5.41, 5.74) is 0. The Morgan fingerprint density at radius 2 is 2.12 bits per heavy atom. The van der Waals surface area contributed by atoms with Gasteiger partial charge in [0.15, 0.2) is 0 Å². The van der Waals surface area contributed by atoms with Crippen LogP contribution >= 0.6 is 11.8 Å². The minimum atomic E-state index is -0.345. The van der Waals surface area contributed by atoms with Gasteiger partial charge in [-0.15, -0.1) is 0 Å². The molecular weight excluding hydrogens is 236 g/mol. The zero-order chi connectivity index (χ0) is 13.1. The van der Waals surface area contributed by atoms with E-state index < -0.39 is 0 Å². The van der Waals surface area contributed by atoms with Crippen molar-refractivity contribution in [3.05, 3.63) is 0 Å². The molecular formula is C12H22N2O2S. The van der Waals surface area contributed by atoms with Gasteiger partial charge in [-0.2, -0.15) is 11.8 Å². The smallest absolute Gasteiger partial charge is 0.245 e. The molecule has 1 saturated heterocycles. The highest BCUT2D eigenvalue weighted by atomic mass is 32.2. The predicted octanol–water partition coefficient (Wildman–Crippen LogP) is 1.26. The van der Waals surface area contributed by atoms with Gasteiger partial charge in [0.25, 0.3) is 0 Å². The van der Waals surface area contributed by atoms with E-state index >= 15 is 0 Å². The first-order chi connectivity index (χ1) is 7.89. The Kier molecular flexibility index (Phi) is 4.86. The summed E-state index contributed by atoms with van der Waals surface area (Å²) in [6, 6.07) is -0.345. The van der Waals surface area contributed by atoms with Crippen LogP contribution in [0.1, 0.15) is 33.6 Å². The first-order valence-corrected chi connectivity index (χ1v) is 7.25. The SMILES string of the molecule is CCC1NC(=O)CCN(CC(C)(C)SC)C1=O. The van der Waals surface area contributed by atoms with E-state index in [4.69, 9.17) is 0 Å². The monoisotopic (exact) mass is 258 g/mol. The van der Waals surface area contributed by atoms with E-state index in [1.165, 1.54) is 0 Å². The van der Waals surface area contributed by atoms with Crippen LogP contribution in [0, 0.1) is 0 Å². The third-order valence-corrected chi connectivity index (χ3v) is 4.32. The molecule has 1 fully saturated rings. The third kappa shape index (κ3) is 3.91. The van der Waals surface area contributed by atoms with E-state index in [-0.39, 0.29) is 22.6 Å². The van der Waals surface area contributed by atoms with Crippen molar-refractivity contribution in [2.75, 3.05) is 19.3 Å². The van der Waals surface area contributed by atoms with Gasteiger partial charge in [0.1, 0.15) is 6.04 Å². The first kappa shape index (κ1) is 14.4. The molecule has 0 aromatic carbocycles. The van der Waals surface area contributed by atoms with Crippen LogP contribution in [0.15, 0.2) is 0 Å². The zero-order valence-electron chi connectivity index (χ0n) is 11.1. The molecule has 1 aliphatic heterocycles. The average Bonchev–Trinajstić information content (AvgIpc) is 2.41. The van der Waals surface area contributed by atoms with E-state index in [1.54, 1.807) is 11.8 Å². The van der Waals surface area contributed by atoms with Gasteiger partial charge >= 0.3 is 0 Å². The van der Waals surface area contributed by atoms with Crippen molar-refractivity contribution in [2.45, 2.75) is 44.4 Å². The summed E-state index contributed by atoms with van der Waals surface area (Å²) < 4.78 is 0.0291. The molecule has 1 aliphatic rings. The van der Waals surface area contributed by atoms with E-state index in [0.717, 1.165) is 0 Å². The van der Waals surface area contributed by atoms with Crippen molar-refractivity contribution in [1.82, 2.24) is 10.2 Å². The molecule has 1 rings (SSSR count). The van der Waals surface area contributed by atoms with Gasteiger partial charge < -0.3 is 10.2 Å². The van der Waals surface area contributed by atoms with Crippen molar-refractivity contribution in [1.29, 1.82) is 0 Å². The van der Waals surface area contributed by atoms with Gasteiger partial charge in [0.05, 0.1) is 0 Å². The van der Waals surface area contributed by atoms with E-state index in [2.05, 4.69) is 19.2 Å². The fraction of sp³-hybridized carbons (Fsp3) is 0.833. The molecule has 0 aromatic rings. The fourth-order valence-corrected chi connectivity index (χ4v) is 2.14. The van der Waals surface area contributed by atoms with Gasteiger partial charge in [-0.1, -0.05) is 6.92 Å². The molecule has 0 bridgehead atoms. The lowest BCUT2D eigenvalue weighted by atomic mass is 10.1. The lowest BCUT2D eigenvalue weighted by Gasteiger charge is -2.31. The number of nitrogens with one attached hydrogen (secondary N) is 1. The topological polar surface area (TPSA) is 49.4 Å². The Balaban J connectivity index is 2.76. The molecule has 0 saturated carbocycles. The quantitative estimate of drug-likeness (QED) is 0.826. The minimum absolute atomic E-state index is 0.0188. The largest absolute Gasteiger partial charge is 0.344 e. The molecule has 1 N–H and O–H groups in total. The minimum Gasteiger partial charge on any atom is -0.344 e. The zero-order valence-corrected chi connectivity index (χ0v) is 11.9. The van der Waals surface area contributed by atoms with Crippen molar-refractivity contribution in [3.8, 4) is 0 Å². The highest BCUT2D eigenvalue weighted by Crippen LogP contribution is 2.23. The van der Waals surface area contributed by atoms with Crippen molar-refractivity contribution < 1.29 is 9.59 Å². The van der Waals surface area contributed by atoms with Crippen LogP contribution in [-0.2, 0) is 9.59 Å². The van der Waals surface area contributed by atoms with Crippen LogP contribution in [0.25, 0.3) is 0 Å². The normalized spacial score (nSPS) is 22.4. The number of thioether (sulfide) groups is 1. The maximum absolute atomic E-state index is 12.2. The number of hydrogen-bond donors (Lipinski definition) is 1. The Morgan fingerprint density at radius 3 is 2.65 bits per heavy atom. The summed E-state index contributed by atoms with van der Waals surface area (Å²) in [4.78, 5) is 25.5. The molecule has 98 valence electrons. The van der Waals surface area contributed by atoms with Crippen LogP contribution in [-0.4, -0.2) is 46.8 Å². The Morgan fingerprint density at radius 1 is 1.47 bits per heavy atom. The van der Waals surface area contributed by atoms with E-state index in [9.17, 15) is 9.59 Å². The maximum Gasteiger partial charge on any atom is 0.245 e. The third-order valence-electron chi connectivity index (χ3n) is 3.09. The summed E-state index contributed by atoms with van der Waals surface area (Å²) >= 11 is 1.74. The first-order valence-electron chi connectivity index (χ1n) is 6.03. The second kappa shape index (κ2) is 5.76. The highest BCUT2D eigenvalue weighted by molar-refractivity contribution is 7.99. The second-order valence-corrected chi connectivity index (χ2v) is 6.52. The Hall–Kier alpha value is -0.710. The Labute approximate surface area is 108 Å². The van der Waals surface area contributed by atoms with Gasteiger partial charge in [-0.25, -0.2) is 0 Å². The number of carbonyl (C=O) groups excluding carboxylic acids is 2. The van der Waals surface area contributed by atoms with Gasteiger partial charge in [-0.3, -0.25) is 9.59 Å². The molecule has 17 heavy (non-hydrogen) atoms. The molecule has 1 unspecified atom stereocenters. The van der Waals surface area contributed by atoms with Crippen LogP contribution in [0.3, 0.4) is 0 Å². The lowest BCUT2D eigenvalue weighted by Crippen LogP contribution is -2.47. The number of rotatable bonds is 4. The number of carbonyl (C=O) groups is 2. The molecule has 2 amide bonds. The van der Waals surface area contributed by atoms with Crippen LogP contribution in [0.5, 0.6) is 0 Å². The summed E-state index contributed by atoms with van der Waals surface area (Å²) in [6.45, 7) is 7.38. The molecule has 5 heteroatoms. The summed E-state index contributed by atoms with van der Waals surface area (Å²) in [7, 11) is 0. The molecule has 1 heterocycles. The number of hydrogen-bond acceptors (Lipinski definition) is 3. The number of nitrogens with zero attached hydrogens (tertiary/aromatic N) is 1. The lowest BCUT2D eigenvalue weighted by molar-refractivity contribution is -0.133. The molecule has 0 radical (unpaired) electrons. The van der Waals surface area contributed by atoms with Crippen LogP contribution < -0.4 is 5.32 Å². The standard InChI is InChI=1S/C12H22N2O2S/c1-5-9-11(16)14(7-6-10(15)13-9)8-12(2,3)17-4/h9H,5-8H2,1-4H3,(H,13,15). The summed E-state index contributed by atoms with van der Waals surface area (Å²) in [5, 5.41) is 2.78. The predicted molar refractivity (Wildman–Crippen MR) is 71.0 cm³/mol. The van der Waals surface area contributed by atoms with Crippen molar-refractivity contribution >= 4 is 23.6 Å². The molecule has 0 aliphatic carbocycles. The van der Waals surface area contributed by atoms with Gasteiger partial charge in [0.2, 0.25) is 11.8 Å². The van der Waals surface area contributed by atoms with Crippen molar-refractivity contribution in [2.24, 2.45) is 0 Å². The molecule has 0 aromatic heterocycles. The average molecular weight is 258 g/mol. The fourth-order valence-electron chi connectivity index (χ4n) is 1.85. The van der Waals surface area contributed by atoms with Crippen molar-refractivity contribution in [3.63, 3.8) is 0 Å². The molecule has 4 nitrogen and oxygen atoms in total. The molecule has 0 spiro atoms. The molecule has 1 atom stereocenters.